The van der Waals surface area contributed by atoms with Gasteiger partial charge in [-0.15, -0.1) is 0 Å². The molecule has 0 aromatic carbocycles. The first kappa shape index (κ1) is 12.6. The van der Waals surface area contributed by atoms with Gasteiger partial charge in [0.2, 0.25) is 0 Å². The zero-order chi connectivity index (χ0) is 12.5. The van der Waals surface area contributed by atoms with Gasteiger partial charge in [-0.3, -0.25) is 4.79 Å². The summed E-state index contributed by atoms with van der Waals surface area (Å²) in [4.78, 5) is 12.6. The Balaban J connectivity index is 3.58. The molecule has 1 aromatic heterocycles. The molecule has 2 N–H and O–H groups in total. The maximum atomic E-state index is 12.4. The average molecular weight is 243 g/mol. The van der Waals surface area contributed by atoms with E-state index in [9.17, 15) is 26.7 Å². The van der Waals surface area contributed by atoms with Crippen molar-refractivity contribution in [2.24, 2.45) is 0 Å². The van der Waals surface area contributed by atoms with Crippen molar-refractivity contribution in [2.45, 2.75) is 19.2 Å². The van der Waals surface area contributed by atoms with E-state index >= 15 is 0 Å². The Hall–Kier alpha value is -1.44. The number of hydrogen-bond donors (Lipinski definition) is 2. The zero-order valence-corrected chi connectivity index (χ0v) is 7.61. The van der Waals surface area contributed by atoms with Crippen LogP contribution in [-0.2, 0) is 12.8 Å². The third kappa shape index (κ3) is 2.21. The van der Waals surface area contributed by atoms with Gasteiger partial charge >= 0.3 is 6.18 Å². The van der Waals surface area contributed by atoms with E-state index in [2.05, 4.69) is 0 Å². The molecule has 16 heavy (non-hydrogen) atoms. The van der Waals surface area contributed by atoms with Crippen LogP contribution in [0.4, 0.5) is 22.0 Å². The van der Waals surface area contributed by atoms with Crippen molar-refractivity contribution in [3.8, 4) is 0 Å². The molecule has 0 unspecified atom stereocenters. The minimum Gasteiger partial charge on any atom is -0.391 e. The monoisotopic (exact) mass is 243 g/mol. The summed E-state index contributed by atoms with van der Waals surface area (Å²) >= 11 is 0. The first-order valence-electron chi connectivity index (χ1n) is 3.99. The number of rotatable bonds is 2. The third-order valence-electron chi connectivity index (χ3n) is 1.92. The first-order chi connectivity index (χ1) is 7.29. The second kappa shape index (κ2) is 4.20. The number of halogens is 5. The minimum absolute atomic E-state index is 0.170. The summed E-state index contributed by atoms with van der Waals surface area (Å²) in [5.41, 5.74) is -5.25. The van der Waals surface area contributed by atoms with Crippen molar-refractivity contribution in [3.63, 3.8) is 0 Å². The van der Waals surface area contributed by atoms with Crippen LogP contribution in [0.15, 0.2) is 11.0 Å². The van der Waals surface area contributed by atoms with E-state index < -0.39 is 41.5 Å². The van der Waals surface area contributed by atoms with E-state index in [4.69, 9.17) is 5.11 Å². The molecular weight excluding hydrogens is 237 g/mol. The first-order valence-corrected chi connectivity index (χ1v) is 3.99. The van der Waals surface area contributed by atoms with Crippen molar-refractivity contribution in [1.82, 2.24) is 4.98 Å². The molecule has 0 bridgehead atoms. The van der Waals surface area contributed by atoms with Crippen molar-refractivity contribution < 1.29 is 27.1 Å². The Bertz CT molecular complexity index is 437. The number of pyridine rings is 1. The highest BCUT2D eigenvalue weighted by atomic mass is 19.4. The van der Waals surface area contributed by atoms with Gasteiger partial charge in [0.25, 0.3) is 12.0 Å². The maximum Gasteiger partial charge on any atom is 0.418 e. The number of aromatic amines is 1. The highest BCUT2D eigenvalue weighted by Crippen LogP contribution is 2.36. The van der Waals surface area contributed by atoms with E-state index in [-0.39, 0.29) is 6.20 Å². The van der Waals surface area contributed by atoms with Crippen LogP contribution < -0.4 is 5.56 Å². The molecule has 0 saturated heterocycles. The molecule has 0 radical (unpaired) electrons. The minimum atomic E-state index is -5.01. The number of aliphatic hydroxyl groups excluding tert-OH is 1. The van der Waals surface area contributed by atoms with Gasteiger partial charge in [-0.1, -0.05) is 0 Å². The zero-order valence-electron chi connectivity index (χ0n) is 7.61. The predicted octanol–water partition coefficient (Wildman–Crippen LogP) is 1.82. The normalized spacial score (nSPS) is 12.2. The van der Waals surface area contributed by atoms with Gasteiger partial charge in [0.05, 0.1) is 17.7 Å². The molecule has 1 aromatic rings. The molecule has 0 spiro atoms. The summed E-state index contributed by atoms with van der Waals surface area (Å²) in [6.45, 7) is -1.18. The van der Waals surface area contributed by atoms with Crippen LogP contribution in [0.2, 0.25) is 0 Å². The smallest absolute Gasteiger partial charge is 0.391 e. The fourth-order valence-electron chi connectivity index (χ4n) is 1.23. The Morgan fingerprint density at radius 3 is 2.31 bits per heavy atom. The Morgan fingerprint density at radius 1 is 1.38 bits per heavy atom. The molecule has 3 nitrogen and oxygen atoms in total. The molecule has 0 amide bonds. The third-order valence-corrected chi connectivity index (χ3v) is 1.92. The molecule has 8 heteroatoms. The summed E-state index contributed by atoms with van der Waals surface area (Å²) in [6.07, 6.45) is -8.33. The van der Waals surface area contributed by atoms with Crippen LogP contribution in [-0.4, -0.2) is 10.1 Å². The van der Waals surface area contributed by atoms with Gasteiger partial charge in [0, 0.05) is 11.8 Å². The summed E-state index contributed by atoms with van der Waals surface area (Å²) in [6, 6.07) is 0. The highest BCUT2D eigenvalue weighted by molar-refractivity contribution is 5.34. The lowest BCUT2D eigenvalue weighted by Gasteiger charge is -2.14. The number of nitrogens with one attached hydrogen (secondary N) is 1. The fraction of sp³-hybridized carbons (Fsp3) is 0.375. The Labute approximate surface area is 85.5 Å². The Morgan fingerprint density at radius 2 is 1.94 bits per heavy atom. The van der Waals surface area contributed by atoms with Crippen LogP contribution in [0.25, 0.3) is 0 Å². The molecule has 90 valence electrons. The predicted molar refractivity (Wildman–Crippen MR) is 42.9 cm³/mol. The quantitative estimate of drug-likeness (QED) is 0.778. The Kier molecular flexibility index (Phi) is 3.32. The van der Waals surface area contributed by atoms with E-state index in [0.717, 1.165) is 0 Å². The molecule has 0 fully saturated rings. The molecule has 1 rings (SSSR count). The number of alkyl halides is 5. The summed E-state index contributed by atoms with van der Waals surface area (Å²) in [5.74, 6) is 0. The van der Waals surface area contributed by atoms with Gasteiger partial charge < -0.3 is 10.1 Å². The van der Waals surface area contributed by atoms with Gasteiger partial charge in [0.1, 0.15) is 0 Å². The molecule has 0 aliphatic carbocycles. The molecular formula is C8H6F5NO2. The van der Waals surface area contributed by atoms with Crippen molar-refractivity contribution in [3.05, 3.63) is 33.2 Å². The molecule has 1 heterocycles. The largest absolute Gasteiger partial charge is 0.418 e. The SMILES string of the molecule is O=c1[nH]cc(C(F)(F)F)c(C(F)F)c1CO. The van der Waals surface area contributed by atoms with Gasteiger partial charge in [0.15, 0.2) is 0 Å². The van der Waals surface area contributed by atoms with Crippen LogP contribution >= 0.6 is 0 Å². The van der Waals surface area contributed by atoms with Crippen molar-refractivity contribution in [2.75, 3.05) is 0 Å². The van der Waals surface area contributed by atoms with Crippen molar-refractivity contribution in [1.29, 1.82) is 0 Å². The van der Waals surface area contributed by atoms with Crippen LogP contribution in [0.5, 0.6) is 0 Å². The number of H-pyrrole nitrogens is 1. The topological polar surface area (TPSA) is 53.1 Å². The van der Waals surface area contributed by atoms with E-state index in [1.54, 1.807) is 4.98 Å². The lowest BCUT2D eigenvalue weighted by atomic mass is 10.0. The lowest BCUT2D eigenvalue weighted by molar-refractivity contribution is -0.139. The van der Waals surface area contributed by atoms with Crippen molar-refractivity contribution >= 4 is 0 Å². The van der Waals surface area contributed by atoms with Gasteiger partial charge in [-0.25, -0.2) is 8.78 Å². The van der Waals surface area contributed by atoms with Crippen LogP contribution in [0, 0.1) is 0 Å². The second-order valence-corrected chi connectivity index (χ2v) is 2.88. The summed E-state index contributed by atoms with van der Waals surface area (Å²) in [7, 11) is 0. The molecule has 0 aliphatic heterocycles. The molecule has 0 atom stereocenters. The van der Waals surface area contributed by atoms with Crippen LogP contribution in [0.3, 0.4) is 0 Å². The van der Waals surface area contributed by atoms with Gasteiger partial charge in [-0.2, -0.15) is 13.2 Å². The molecule has 0 aliphatic rings. The summed E-state index contributed by atoms with van der Waals surface area (Å²) < 4.78 is 61.8. The van der Waals surface area contributed by atoms with E-state index in [1.165, 1.54) is 0 Å². The standard InChI is InChI=1S/C8H6F5NO2/c9-6(10)5-3(2-15)7(16)14-1-4(5)8(11,12)13/h1,6,15H,2H2,(H,14,16). The number of aromatic nitrogens is 1. The van der Waals surface area contributed by atoms with E-state index in [0.29, 0.717) is 0 Å². The number of aliphatic hydroxyl groups is 1. The van der Waals surface area contributed by atoms with Gasteiger partial charge in [-0.05, 0) is 0 Å². The van der Waals surface area contributed by atoms with Crippen LogP contribution in [0.1, 0.15) is 23.1 Å². The summed E-state index contributed by atoms with van der Waals surface area (Å²) in [5, 5.41) is 8.62. The maximum absolute atomic E-state index is 12.4. The fourth-order valence-corrected chi connectivity index (χ4v) is 1.23. The van der Waals surface area contributed by atoms with E-state index in [1.807, 2.05) is 0 Å². The highest BCUT2D eigenvalue weighted by Gasteiger charge is 2.37. The average Bonchev–Trinajstić information content (AvgIpc) is 2.14. The lowest BCUT2D eigenvalue weighted by Crippen LogP contribution is -2.21. The second-order valence-electron chi connectivity index (χ2n) is 2.88. The number of hydrogen-bond acceptors (Lipinski definition) is 2. The molecule has 0 saturated carbocycles.